The van der Waals surface area contributed by atoms with E-state index in [4.69, 9.17) is 4.74 Å². The third kappa shape index (κ3) is 0.743. The predicted molar refractivity (Wildman–Crippen MR) is 58.8 cm³/mol. The summed E-state index contributed by atoms with van der Waals surface area (Å²) in [5.74, 6) is 6.51. The summed E-state index contributed by atoms with van der Waals surface area (Å²) in [4.78, 5) is 2.74. The van der Waals surface area contributed by atoms with Crippen LogP contribution in [0.5, 0.6) is 0 Å². The molecule has 10 atom stereocenters. The maximum absolute atomic E-state index is 5.83. The van der Waals surface area contributed by atoms with Gasteiger partial charge in [0.05, 0.1) is 12.2 Å². The molecule has 16 heavy (non-hydrogen) atoms. The Morgan fingerprint density at radius 1 is 0.812 bits per heavy atom. The average Bonchev–Trinajstić information content (AvgIpc) is 3.10. The second-order valence-corrected chi connectivity index (χ2v) is 7.35. The molecule has 2 nitrogen and oxygen atoms in total. The van der Waals surface area contributed by atoms with Crippen molar-refractivity contribution in [1.82, 2.24) is 4.90 Å². The first kappa shape index (κ1) is 8.10. The minimum atomic E-state index is 0.718. The maximum atomic E-state index is 5.83. The predicted octanol–water partition coefficient (Wildman–Crippen LogP) is 1.36. The molecule has 3 aliphatic carbocycles. The number of ether oxygens (including phenoxy) is 1. The molecule has 0 aromatic heterocycles. The molecular formula is C14H19NO. The molecule has 0 amide bonds. The summed E-state index contributed by atoms with van der Waals surface area (Å²) in [6.07, 6.45) is 6.02. The summed E-state index contributed by atoms with van der Waals surface area (Å²) >= 11 is 0. The number of rotatable bonds is 0. The zero-order valence-corrected chi connectivity index (χ0v) is 9.59. The summed E-state index contributed by atoms with van der Waals surface area (Å²) in [5, 5.41) is 0. The third-order valence-corrected chi connectivity index (χ3v) is 7.06. The summed E-state index contributed by atoms with van der Waals surface area (Å²) in [6, 6.07) is 1.01. The van der Waals surface area contributed by atoms with E-state index in [-0.39, 0.29) is 0 Å². The van der Waals surface area contributed by atoms with E-state index in [1.807, 2.05) is 0 Å². The van der Waals surface area contributed by atoms with Crippen LogP contribution in [-0.4, -0.2) is 36.2 Å². The summed E-state index contributed by atoms with van der Waals surface area (Å²) in [7, 11) is 0. The van der Waals surface area contributed by atoms with E-state index in [9.17, 15) is 0 Å². The van der Waals surface area contributed by atoms with Gasteiger partial charge in [0, 0.05) is 19.1 Å². The fraction of sp³-hybridized carbons (Fsp3) is 1.00. The van der Waals surface area contributed by atoms with E-state index in [1.54, 1.807) is 12.8 Å². The molecule has 3 saturated heterocycles. The van der Waals surface area contributed by atoms with E-state index in [0.717, 1.165) is 53.8 Å². The Balaban J connectivity index is 1.42. The van der Waals surface area contributed by atoms with Gasteiger partial charge in [-0.05, 0) is 54.8 Å². The Morgan fingerprint density at radius 2 is 1.69 bits per heavy atom. The van der Waals surface area contributed by atoms with Crippen LogP contribution in [0.3, 0.4) is 0 Å². The lowest BCUT2D eigenvalue weighted by atomic mass is 9.67. The van der Waals surface area contributed by atoms with Gasteiger partial charge in [0.1, 0.15) is 0 Å². The zero-order chi connectivity index (χ0) is 10.0. The van der Waals surface area contributed by atoms with E-state index >= 15 is 0 Å². The lowest BCUT2D eigenvalue weighted by Gasteiger charge is -2.41. The van der Waals surface area contributed by atoms with Crippen LogP contribution in [0.25, 0.3) is 0 Å². The normalized spacial score (nSPS) is 76.5. The highest BCUT2D eigenvalue weighted by Crippen LogP contribution is 2.69. The summed E-state index contributed by atoms with van der Waals surface area (Å²) in [6.45, 7) is 2.90. The first-order valence-corrected chi connectivity index (χ1v) is 7.29. The smallest absolute Gasteiger partial charge is 0.0875 e. The van der Waals surface area contributed by atoms with E-state index in [0.29, 0.717) is 0 Å². The van der Waals surface area contributed by atoms with Crippen molar-refractivity contribution in [3.63, 3.8) is 0 Å². The van der Waals surface area contributed by atoms with Gasteiger partial charge in [-0.25, -0.2) is 0 Å². The molecule has 0 aromatic carbocycles. The summed E-state index contributed by atoms with van der Waals surface area (Å²) in [5.41, 5.74) is 0. The van der Waals surface area contributed by atoms with Crippen LogP contribution in [0.4, 0.5) is 0 Å². The standard InChI is InChI=1S/C14H19NO/c1-6-4-15(6)5-11-7(1)9-2-8(11)10-3-12-14(16-12)13(9)10/h6-14H,1-5H2/t6-,7+,8-,9-,10+,11+,12+,13?,14+,15?/m0/s1. The SMILES string of the molecule is C1[C@H]2[C@@H](CN3C[C@H]13)[C@H]1C[C@@H]2C2[C@@H]1C[C@H]1O[C@@H]21. The van der Waals surface area contributed by atoms with Crippen LogP contribution < -0.4 is 0 Å². The number of hydrogen-bond acceptors (Lipinski definition) is 2. The average molecular weight is 217 g/mol. The quantitative estimate of drug-likeness (QED) is 0.569. The Morgan fingerprint density at radius 3 is 2.69 bits per heavy atom. The molecule has 3 saturated carbocycles. The first-order valence-electron chi connectivity index (χ1n) is 7.29. The fourth-order valence-electron chi connectivity index (χ4n) is 6.48. The van der Waals surface area contributed by atoms with Crippen LogP contribution in [0.1, 0.15) is 19.3 Å². The number of piperidine rings is 1. The number of hydrogen-bond donors (Lipinski definition) is 0. The van der Waals surface area contributed by atoms with Crippen molar-refractivity contribution in [1.29, 1.82) is 0 Å². The minimum absolute atomic E-state index is 0.718. The van der Waals surface area contributed by atoms with Gasteiger partial charge in [0.2, 0.25) is 0 Å². The van der Waals surface area contributed by atoms with Crippen molar-refractivity contribution in [3.05, 3.63) is 0 Å². The van der Waals surface area contributed by atoms with Crippen molar-refractivity contribution in [2.75, 3.05) is 13.1 Å². The van der Waals surface area contributed by atoms with Crippen molar-refractivity contribution in [2.45, 2.75) is 37.5 Å². The Kier molecular flexibility index (Phi) is 1.13. The van der Waals surface area contributed by atoms with Crippen LogP contribution in [0.15, 0.2) is 0 Å². The van der Waals surface area contributed by atoms with Crippen molar-refractivity contribution in [3.8, 4) is 0 Å². The van der Waals surface area contributed by atoms with Gasteiger partial charge >= 0.3 is 0 Å². The molecule has 0 radical (unpaired) electrons. The monoisotopic (exact) mass is 217 g/mol. The van der Waals surface area contributed by atoms with Gasteiger partial charge in [-0.2, -0.15) is 0 Å². The highest BCUT2D eigenvalue weighted by atomic mass is 16.6. The molecular weight excluding hydrogens is 198 g/mol. The van der Waals surface area contributed by atoms with Crippen molar-refractivity contribution in [2.24, 2.45) is 35.5 Å². The van der Waals surface area contributed by atoms with Crippen LogP contribution >= 0.6 is 0 Å². The molecule has 6 aliphatic rings. The van der Waals surface area contributed by atoms with E-state index in [2.05, 4.69) is 4.90 Å². The number of epoxide rings is 1. The minimum Gasteiger partial charge on any atom is -0.369 e. The van der Waals surface area contributed by atoms with Crippen LogP contribution in [0, 0.1) is 35.5 Å². The molecule has 3 heterocycles. The molecule has 3 aliphatic heterocycles. The molecule has 6 rings (SSSR count). The number of nitrogens with zero attached hydrogens (tertiary/aromatic N) is 1. The Labute approximate surface area is 96.3 Å². The second kappa shape index (κ2) is 2.24. The molecule has 0 N–H and O–H groups in total. The molecule has 2 bridgehead atoms. The van der Waals surface area contributed by atoms with Crippen molar-refractivity contribution >= 4 is 0 Å². The zero-order valence-electron chi connectivity index (χ0n) is 9.59. The first-order chi connectivity index (χ1) is 7.90. The largest absolute Gasteiger partial charge is 0.369 e. The molecule has 0 spiro atoms. The Bertz CT molecular complexity index is 381. The van der Waals surface area contributed by atoms with Crippen LogP contribution in [0.2, 0.25) is 0 Å². The summed E-state index contributed by atoms with van der Waals surface area (Å²) < 4.78 is 5.83. The van der Waals surface area contributed by atoms with Crippen molar-refractivity contribution < 1.29 is 4.74 Å². The molecule has 6 fully saturated rings. The van der Waals surface area contributed by atoms with E-state index in [1.165, 1.54) is 19.5 Å². The van der Waals surface area contributed by atoms with Gasteiger partial charge in [-0.15, -0.1) is 0 Å². The molecule has 0 aromatic rings. The molecule has 2 unspecified atom stereocenters. The lowest BCUT2D eigenvalue weighted by Crippen LogP contribution is -2.41. The third-order valence-electron chi connectivity index (χ3n) is 7.06. The van der Waals surface area contributed by atoms with Gasteiger partial charge in [-0.3, -0.25) is 4.90 Å². The lowest BCUT2D eigenvalue weighted by molar-refractivity contribution is 0.0386. The van der Waals surface area contributed by atoms with Gasteiger partial charge < -0.3 is 4.74 Å². The van der Waals surface area contributed by atoms with E-state index < -0.39 is 0 Å². The van der Waals surface area contributed by atoms with Gasteiger partial charge in [0.15, 0.2) is 0 Å². The van der Waals surface area contributed by atoms with Gasteiger partial charge in [0.25, 0.3) is 0 Å². The van der Waals surface area contributed by atoms with Gasteiger partial charge in [-0.1, -0.05) is 0 Å². The molecule has 86 valence electrons. The molecule has 2 heteroatoms. The fourth-order valence-corrected chi connectivity index (χ4v) is 6.48. The topological polar surface area (TPSA) is 15.5 Å². The highest BCUT2D eigenvalue weighted by Gasteiger charge is 2.70. The number of fused-ring (bicyclic) bond motifs is 11. The maximum Gasteiger partial charge on any atom is 0.0875 e. The Hall–Kier alpha value is -0.0800. The second-order valence-electron chi connectivity index (χ2n) is 7.35. The highest BCUT2D eigenvalue weighted by molar-refractivity contribution is 5.18. The van der Waals surface area contributed by atoms with Crippen LogP contribution in [-0.2, 0) is 4.74 Å².